The molecule has 7 heteroatoms. The van der Waals surface area contributed by atoms with E-state index in [4.69, 9.17) is 16.3 Å². The van der Waals surface area contributed by atoms with Crippen molar-refractivity contribution in [3.63, 3.8) is 0 Å². The van der Waals surface area contributed by atoms with E-state index in [-0.39, 0.29) is 11.5 Å². The van der Waals surface area contributed by atoms with Crippen molar-refractivity contribution in [2.45, 2.75) is 0 Å². The van der Waals surface area contributed by atoms with Gasteiger partial charge in [-0.1, -0.05) is 35.9 Å². The van der Waals surface area contributed by atoms with Crippen LogP contribution in [0.3, 0.4) is 0 Å². The molecule has 0 unspecified atom stereocenters. The van der Waals surface area contributed by atoms with Crippen molar-refractivity contribution in [2.75, 3.05) is 12.4 Å². The van der Waals surface area contributed by atoms with E-state index in [1.807, 2.05) is 18.2 Å². The number of hydrogen-bond donors (Lipinski definition) is 2. The zero-order valence-electron chi connectivity index (χ0n) is 15.6. The summed E-state index contributed by atoms with van der Waals surface area (Å²) < 4.78 is 5.24. The van der Waals surface area contributed by atoms with Gasteiger partial charge in [-0.15, -0.1) is 0 Å². The Labute approximate surface area is 173 Å². The molecule has 6 nitrogen and oxygen atoms in total. The summed E-state index contributed by atoms with van der Waals surface area (Å²) in [5.41, 5.74) is 4.27. The van der Waals surface area contributed by atoms with Gasteiger partial charge < -0.3 is 10.1 Å². The van der Waals surface area contributed by atoms with Gasteiger partial charge in [0.1, 0.15) is 5.75 Å². The lowest BCUT2D eigenvalue weighted by atomic mass is 10.1. The zero-order chi connectivity index (χ0) is 20.6. The fourth-order valence-corrected chi connectivity index (χ4v) is 2.71. The normalized spacial score (nSPS) is 10.6. The Balaban J connectivity index is 1.72. The van der Waals surface area contributed by atoms with Crippen LogP contribution in [0.25, 0.3) is 0 Å². The first-order chi connectivity index (χ1) is 14.1. The molecule has 0 heterocycles. The number of rotatable bonds is 6. The van der Waals surface area contributed by atoms with Gasteiger partial charge in [-0.2, -0.15) is 5.10 Å². The number of nitrogens with one attached hydrogen (secondary N) is 2. The van der Waals surface area contributed by atoms with E-state index in [1.54, 1.807) is 61.7 Å². The number of nitrogens with zero attached hydrogens (tertiary/aromatic N) is 1. The van der Waals surface area contributed by atoms with Gasteiger partial charge in [0.05, 0.1) is 24.6 Å². The Morgan fingerprint density at radius 1 is 0.931 bits per heavy atom. The van der Waals surface area contributed by atoms with E-state index in [2.05, 4.69) is 15.8 Å². The molecule has 3 rings (SSSR count). The highest BCUT2D eigenvalue weighted by Crippen LogP contribution is 2.18. The quantitative estimate of drug-likeness (QED) is 0.470. The number of amides is 2. The number of hydrazone groups is 1. The van der Waals surface area contributed by atoms with E-state index < -0.39 is 5.91 Å². The Bertz CT molecular complexity index is 1050. The summed E-state index contributed by atoms with van der Waals surface area (Å²) in [5, 5.41) is 7.26. The lowest BCUT2D eigenvalue weighted by Gasteiger charge is -2.10. The molecule has 146 valence electrons. The topological polar surface area (TPSA) is 79.8 Å². The second-order valence-electron chi connectivity index (χ2n) is 5.95. The van der Waals surface area contributed by atoms with Crippen LogP contribution in [-0.4, -0.2) is 25.1 Å². The monoisotopic (exact) mass is 407 g/mol. The molecule has 29 heavy (non-hydrogen) atoms. The standard InChI is InChI=1S/C22H18ClN3O3/c1-29-20-9-5-2-6-16(20)14-24-26-22(28)18-7-3-4-8-19(18)25-21(27)15-10-12-17(23)13-11-15/h2-14H,1H3,(H,25,27)(H,26,28)/b24-14-. The Hall–Kier alpha value is -3.64. The van der Waals surface area contributed by atoms with E-state index in [0.29, 0.717) is 22.0 Å². The Kier molecular flexibility index (Phi) is 6.60. The third-order valence-corrected chi connectivity index (χ3v) is 4.29. The predicted molar refractivity (Wildman–Crippen MR) is 114 cm³/mol. The van der Waals surface area contributed by atoms with Gasteiger partial charge >= 0.3 is 0 Å². The lowest BCUT2D eigenvalue weighted by Crippen LogP contribution is -2.21. The SMILES string of the molecule is COc1ccccc1/C=N\NC(=O)c1ccccc1NC(=O)c1ccc(Cl)cc1. The van der Waals surface area contributed by atoms with E-state index in [9.17, 15) is 9.59 Å². The molecule has 0 atom stereocenters. The van der Waals surface area contributed by atoms with Gasteiger partial charge in [-0.05, 0) is 48.5 Å². The van der Waals surface area contributed by atoms with Crippen molar-refractivity contribution < 1.29 is 14.3 Å². The maximum atomic E-state index is 12.5. The first kappa shape index (κ1) is 20.1. The second kappa shape index (κ2) is 9.52. The molecule has 0 saturated carbocycles. The highest BCUT2D eigenvalue weighted by Gasteiger charge is 2.13. The van der Waals surface area contributed by atoms with Crippen LogP contribution in [0.15, 0.2) is 77.9 Å². The molecule has 3 aromatic carbocycles. The minimum absolute atomic E-state index is 0.284. The predicted octanol–water partition coefficient (Wildman–Crippen LogP) is 4.36. The van der Waals surface area contributed by atoms with Crippen molar-refractivity contribution in [3.05, 3.63) is 94.5 Å². The molecular weight excluding hydrogens is 390 g/mol. The summed E-state index contributed by atoms with van der Waals surface area (Å²) in [6.07, 6.45) is 1.49. The molecule has 0 aliphatic rings. The van der Waals surface area contributed by atoms with E-state index in [0.717, 1.165) is 5.56 Å². The van der Waals surface area contributed by atoms with Crippen LogP contribution in [0.1, 0.15) is 26.3 Å². The van der Waals surface area contributed by atoms with Gasteiger partial charge in [0, 0.05) is 16.1 Å². The summed E-state index contributed by atoms with van der Waals surface area (Å²) in [7, 11) is 1.56. The first-order valence-corrected chi connectivity index (χ1v) is 9.08. The molecule has 0 fully saturated rings. The smallest absolute Gasteiger partial charge is 0.273 e. The lowest BCUT2D eigenvalue weighted by molar-refractivity contribution is 0.0956. The van der Waals surface area contributed by atoms with Crippen molar-refractivity contribution in [1.82, 2.24) is 5.43 Å². The van der Waals surface area contributed by atoms with Crippen LogP contribution in [0.4, 0.5) is 5.69 Å². The van der Waals surface area contributed by atoms with Gasteiger partial charge in [0.15, 0.2) is 0 Å². The number of anilines is 1. The van der Waals surface area contributed by atoms with E-state index >= 15 is 0 Å². The molecular formula is C22H18ClN3O3. The number of benzene rings is 3. The maximum absolute atomic E-state index is 12.5. The number of ether oxygens (including phenoxy) is 1. The molecule has 2 amide bonds. The van der Waals surface area contributed by atoms with Gasteiger partial charge in [0.2, 0.25) is 0 Å². The molecule has 0 aliphatic heterocycles. The molecule has 0 aromatic heterocycles. The van der Waals surface area contributed by atoms with Crippen LogP contribution in [0, 0.1) is 0 Å². The van der Waals surface area contributed by atoms with Gasteiger partial charge in [-0.25, -0.2) is 5.43 Å². The Morgan fingerprint density at radius 3 is 2.38 bits per heavy atom. The van der Waals surface area contributed by atoms with Crippen LogP contribution in [-0.2, 0) is 0 Å². The highest BCUT2D eigenvalue weighted by atomic mass is 35.5. The van der Waals surface area contributed by atoms with Crippen molar-refractivity contribution in [2.24, 2.45) is 5.10 Å². The largest absolute Gasteiger partial charge is 0.496 e. The number of methoxy groups -OCH3 is 1. The van der Waals surface area contributed by atoms with Crippen LogP contribution in [0.2, 0.25) is 5.02 Å². The third kappa shape index (κ3) is 5.21. The average molecular weight is 408 g/mol. The number of halogens is 1. The van der Waals surface area contributed by atoms with Crippen LogP contribution in [0.5, 0.6) is 5.75 Å². The highest BCUT2D eigenvalue weighted by molar-refractivity contribution is 6.30. The summed E-state index contributed by atoms with van der Waals surface area (Å²) in [6, 6.07) is 20.4. The fourth-order valence-electron chi connectivity index (χ4n) is 2.58. The number of carbonyl (C=O) groups is 2. The second-order valence-corrected chi connectivity index (χ2v) is 6.38. The van der Waals surface area contributed by atoms with Crippen LogP contribution >= 0.6 is 11.6 Å². The van der Waals surface area contributed by atoms with Crippen molar-refractivity contribution >= 4 is 35.3 Å². The summed E-state index contributed by atoms with van der Waals surface area (Å²) >= 11 is 5.85. The fraction of sp³-hybridized carbons (Fsp3) is 0.0455. The summed E-state index contributed by atoms with van der Waals surface area (Å²) in [4.78, 5) is 25.0. The third-order valence-electron chi connectivity index (χ3n) is 4.03. The Morgan fingerprint density at radius 2 is 1.62 bits per heavy atom. The molecule has 0 radical (unpaired) electrons. The summed E-state index contributed by atoms with van der Waals surface area (Å²) in [5.74, 6) is -0.163. The maximum Gasteiger partial charge on any atom is 0.273 e. The van der Waals surface area contributed by atoms with E-state index in [1.165, 1.54) is 6.21 Å². The number of hydrogen-bond acceptors (Lipinski definition) is 4. The van der Waals surface area contributed by atoms with Crippen molar-refractivity contribution in [3.8, 4) is 5.75 Å². The number of carbonyl (C=O) groups excluding carboxylic acids is 2. The minimum Gasteiger partial charge on any atom is -0.496 e. The molecule has 0 aliphatic carbocycles. The number of para-hydroxylation sites is 2. The van der Waals surface area contributed by atoms with Crippen LogP contribution < -0.4 is 15.5 Å². The molecule has 0 saturated heterocycles. The minimum atomic E-state index is -0.455. The van der Waals surface area contributed by atoms with Gasteiger partial charge in [0.25, 0.3) is 11.8 Å². The molecule has 2 N–H and O–H groups in total. The van der Waals surface area contributed by atoms with Gasteiger partial charge in [-0.3, -0.25) is 9.59 Å². The zero-order valence-corrected chi connectivity index (χ0v) is 16.3. The molecule has 0 spiro atoms. The summed E-state index contributed by atoms with van der Waals surface area (Å²) in [6.45, 7) is 0. The molecule has 0 bridgehead atoms. The molecule has 3 aromatic rings. The first-order valence-electron chi connectivity index (χ1n) is 8.71. The average Bonchev–Trinajstić information content (AvgIpc) is 2.74. The van der Waals surface area contributed by atoms with Crippen molar-refractivity contribution in [1.29, 1.82) is 0 Å².